The van der Waals surface area contributed by atoms with Gasteiger partial charge in [0.15, 0.2) is 6.23 Å². The summed E-state index contributed by atoms with van der Waals surface area (Å²) in [5.41, 5.74) is 4.17. The van der Waals surface area contributed by atoms with E-state index in [1.165, 1.54) is 11.1 Å². The van der Waals surface area contributed by atoms with Crippen LogP contribution in [0, 0.1) is 0 Å². The van der Waals surface area contributed by atoms with Crippen LogP contribution < -0.4 is 17.0 Å². The Morgan fingerprint density at radius 3 is 2.77 bits per heavy atom. The van der Waals surface area contributed by atoms with Crippen LogP contribution in [0.5, 0.6) is 0 Å². The lowest BCUT2D eigenvalue weighted by atomic mass is 10.1. The molecule has 1 aliphatic rings. The van der Waals surface area contributed by atoms with Gasteiger partial charge >= 0.3 is 5.69 Å². The fourth-order valence-corrected chi connectivity index (χ4v) is 2.58. The highest BCUT2D eigenvalue weighted by Crippen LogP contribution is 2.28. The van der Waals surface area contributed by atoms with Crippen molar-refractivity contribution in [1.29, 1.82) is 0 Å². The Balaban J connectivity index is 1.89. The minimum Gasteiger partial charge on any atom is -0.387 e. The molecule has 146 valence electrons. The van der Waals surface area contributed by atoms with Crippen LogP contribution in [0.25, 0.3) is 0 Å². The molecule has 2 rings (SSSR count). The number of nitrogens with zero attached hydrogens (tertiary/aromatic N) is 2. The largest absolute Gasteiger partial charge is 0.387 e. The number of carbonyl (C=O) groups is 1. The predicted octanol–water partition coefficient (Wildman–Crippen LogP) is -3.02. The normalized spacial score (nSPS) is 26.7. The van der Waals surface area contributed by atoms with E-state index < -0.39 is 41.8 Å². The standard InChI is InChI=1S/C15H24N4O7/c1-8(16)13(23)18(2)5-6-25-7-9-11(21)12(22)14(26-9)19-4-3-10(20)17-15(19)24/h3-4,8-9,11-12,14,21-22H,5-7,16H2,1-2H3,(H,17,20,24)/t8-,9+,11+,12+,14+/m0/s1. The topological polar surface area (TPSA) is 160 Å². The molecule has 0 saturated carbocycles. The van der Waals surface area contributed by atoms with E-state index in [0.717, 1.165) is 10.6 Å². The SMILES string of the molecule is C[C@H](N)C(=O)N(C)CCOC[C@H]1O[C@@H](n2ccc(=O)[nH]c2=O)[C@H](O)[C@@H]1O. The first-order valence-corrected chi connectivity index (χ1v) is 8.13. The zero-order valence-corrected chi connectivity index (χ0v) is 14.6. The molecule has 0 bridgehead atoms. The van der Waals surface area contributed by atoms with E-state index in [-0.39, 0.29) is 19.1 Å². The molecule has 5 atom stereocenters. The Labute approximate surface area is 148 Å². The number of aromatic amines is 1. The van der Waals surface area contributed by atoms with E-state index in [2.05, 4.69) is 4.98 Å². The summed E-state index contributed by atoms with van der Waals surface area (Å²) in [6.45, 7) is 2.02. The molecule has 11 heteroatoms. The minimum atomic E-state index is -1.37. The van der Waals surface area contributed by atoms with Gasteiger partial charge in [-0.05, 0) is 6.92 Å². The average Bonchev–Trinajstić information content (AvgIpc) is 2.86. The van der Waals surface area contributed by atoms with Crippen LogP contribution >= 0.6 is 0 Å². The lowest BCUT2D eigenvalue weighted by molar-refractivity contribution is -0.131. The van der Waals surface area contributed by atoms with Crippen LogP contribution in [0.3, 0.4) is 0 Å². The van der Waals surface area contributed by atoms with Crippen molar-refractivity contribution >= 4 is 5.91 Å². The third-order valence-corrected chi connectivity index (χ3v) is 4.08. The Bertz CT molecular complexity index is 731. The monoisotopic (exact) mass is 372 g/mol. The first kappa shape index (κ1) is 20.3. The van der Waals surface area contributed by atoms with Crippen molar-refractivity contribution in [3.8, 4) is 0 Å². The maximum atomic E-state index is 11.8. The van der Waals surface area contributed by atoms with E-state index >= 15 is 0 Å². The van der Waals surface area contributed by atoms with E-state index in [1.807, 2.05) is 0 Å². The molecule has 0 aromatic carbocycles. The van der Waals surface area contributed by atoms with Gasteiger partial charge in [0.2, 0.25) is 5.91 Å². The van der Waals surface area contributed by atoms with Crippen LogP contribution in [-0.4, -0.2) is 81.7 Å². The highest BCUT2D eigenvalue weighted by atomic mass is 16.6. The fraction of sp³-hybridized carbons (Fsp3) is 0.667. The fourth-order valence-electron chi connectivity index (χ4n) is 2.58. The third-order valence-electron chi connectivity index (χ3n) is 4.08. The predicted molar refractivity (Wildman–Crippen MR) is 89.4 cm³/mol. The van der Waals surface area contributed by atoms with E-state index in [1.54, 1.807) is 14.0 Å². The zero-order valence-electron chi connectivity index (χ0n) is 14.6. The number of aliphatic hydroxyl groups excluding tert-OH is 2. The lowest BCUT2D eigenvalue weighted by Crippen LogP contribution is -2.41. The molecule has 11 nitrogen and oxygen atoms in total. The maximum Gasteiger partial charge on any atom is 0.330 e. The Morgan fingerprint density at radius 1 is 1.46 bits per heavy atom. The molecule has 1 saturated heterocycles. The molecule has 0 spiro atoms. The second-order valence-corrected chi connectivity index (χ2v) is 6.19. The summed E-state index contributed by atoms with van der Waals surface area (Å²) in [6.07, 6.45) is -3.48. The number of rotatable bonds is 7. The van der Waals surface area contributed by atoms with Gasteiger partial charge in [-0.1, -0.05) is 0 Å². The van der Waals surface area contributed by atoms with Crippen LogP contribution in [0.2, 0.25) is 0 Å². The van der Waals surface area contributed by atoms with Crippen molar-refractivity contribution in [1.82, 2.24) is 14.5 Å². The van der Waals surface area contributed by atoms with Crippen molar-refractivity contribution in [3.63, 3.8) is 0 Å². The van der Waals surface area contributed by atoms with Crippen molar-refractivity contribution in [2.75, 3.05) is 26.8 Å². The van der Waals surface area contributed by atoms with Crippen LogP contribution in [0.1, 0.15) is 13.2 Å². The second kappa shape index (κ2) is 8.56. The number of hydrogen-bond donors (Lipinski definition) is 4. The van der Waals surface area contributed by atoms with Gasteiger partial charge in [0.1, 0.15) is 18.3 Å². The molecule has 1 aliphatic heterocycles. The van der Waals surface area contributed by atoms with E-state index in [0.29, 0.717) is 6.54 Å². The highest BCUT2D eigenvalue weighted by Gasteiger charge is 2.44. The molecular weight excluding hydrogens is 348 g/mol. The molecule has 1 amide bonds. The molecule has 5 N–H and O–H groups in total. The Kier molecular flexibility index (Phi) is 6.67. The number of hydrogen-bond acceptors (Lipinski definition) is 8. The summed E-state index contributed by atoms with van der Waals surface area (Å²) < 4.78 is 11.9. The van der Waals surface area contributed by atoms with Gasteiger partial charge in [-0.2, -0.15) is 0 Å². The lowest BCUT2D eigenvalue weighted by Gasteiger charge is -2.20. The molecule has 2 heterocycles. The van der Waals surface area contributed by atoms with E-state index in [9.17, 15) is 24.6 Å². The quantitative estimate of drug-likeness (QED) is 0.368. The summed E-state index contributed by atoms with van der Waals surface area (Å²) in [7, 11) is 1.60. The van der Waals surface area contributed by atoms with Gasteiger partial charge in [-0.15, -0.1) is 0 Å². The molecule has 1 fully saturated rings. The number of likely N-dealkylation sites (N-methyl/N-ethyl adjacent to an activating group) is 1. The molecule has 0 radical (unpaired) electrons. The highest BCUT2D eigenvalue weighted by molar-refractivity contribution is 5.80. The van der Waals surface area contributed by atoms with Crippen molar-refractivity contribution in [2.45, 2.75) is 37.5 Å². The van der Waals surface area contributed by atoms with Gasteiger partial charge in [-0.3, -0.25) is 19.1 Å². The first-order valence-electron chi connectivity index (χ1n) is 8.13. The van der Waals surface area contributed by atoms with Crippen molar-refractivity contribution < 1.29 is 24.5 Å². The van der Waals surface area contributed by atoms with Crippen molar-refractivity contribution in [2.24, 2.45) is 5.73 Å². The average molecular weight is 372 g/mol. The molecular formula is C15H24N4O7. The minimum absolute atomic E-state index is 0.0486. The molecule has 0 unspecified atom stereocenters. The van der Waals surface area contributed by atoms with Crippen LogP contribution in [0.15, 0.2) is 21.9 Å². The number of aliphatic hydroxyl groups is 2. The Hall–Kier alpha value is -2.05. The van der Waals surface area contributed by atoms with Gasteiger partial charge in [0.25, 0.3) is 5.56 Å². The first-order chi connectivity index (χ1) is 12.2. The maximum absolute atomic E-state index is 11.8. The zero-order chi connectivity index (χ0) is 19.4. The third kappa shape index (κ3) is 4.56. The number of aromatic nitrogens is 2. The summed E-state index contributed by atoms with van der Waals surface area (Å²) in [5.74, 6) is -0.223. The smallest absolute Gasteiger partial charge is 0.330 e. The number of nitrogens with one attached hydrogen (secondary N) is 1. The van der Waals surface area contributed by atoms with Gasteiger partial charge in [-0.25, -0.2) is 4.79 Å². The number of carbonyl (C=O) groups excluding carboxylic acids is 1. The summed E-state index contributed by atoms with van der Waals surface area (Å²) in [5, 5.41) is 20.2. The van der Waals surface area contributed by atoms with Gasteiger partial charge in [0.05, 0.1) is 19.3 Å². The van der Waals surface area contributed by atoms with Gasteiger partial charge in [0, 0.05) is 25.9 Å². The van der Waals surface area contributed by atoms with E-state index in [4.69, 9.17) is 15.2 Å². The second-order valence-electron chi connectivity index (χ2n) is 6.19. The molecule has 1 aromatic heterocycles. The van der Waals surface area contributed by atoms with Crippen molar-refractivity contribution in [3.05, 3.63) is 33.1 Å². The molecule has 26 heavy (non-hydrogen) atoms. The van der Waals surface area contributed by atoms with Crippen LogP contribution in [0.4, 0.5) is 0 Å². The van der Waals surface area contributed by atoms with Gasteiger partial charge < -0.3 is 30.3 Å². The summed E-state index contributed by atoms with van der Waals surface area (Å²) in [4.78, 5) is 38.0. The molecule has 0 aliphatic carbocycles. The van der Waals surface area contributed by atoms with Crippen LogP contribution in [-0.2, 0) is 14.3 Å². The summed E-state index contributed by atoms with van der Waals surface area (Å²) >= 11 is 0. The summed E-state index contributed by atoms with van der Waals surface area (Å²) in [6, 6.07) is 0.505. The Morgan fingerprint density at radius 2 is 2.15 bits per heavy atom. The number of amides is 1. The number of nitrogens with two attached hydrogens (primary N) is 1. The number of ether oxygens (including phenoxy) is 2. The molecule has 1 aromatic rings. The number of H-pyrrole nitrogens is 1.